The fraction of sp³-hybridized carbons (Fsp3) is 0.286. The molecule has 3 rings (SSSR count). The van der Waals surface area contributed by atoms with Gasteiger partial charge in [-0.05, 0) is 23.8 Å². The van der Waals surface area contributed by atoms with Crippen LogP contribution in [0.2, 0.25) is 0 Å². The van der Waals surface area contributed by atoms with E-state index in [0.717, 1.165) is 5.56 Å². The van der Waals surface area contributed by atoms with E-state index in [1.165, 1.54) is 10.8 Å². The zero-order valence-corrected chi connectivity index (χ0v) is 9.27. The second-order valence-corrected chi connectivity index (χ2v) is 4.20. The molecule has 2 aromatic rings. The van der Waals surface area contributed by atoms with Crippen LogP contribution in [0.1, 0.15) is 12.5 Å². The predicted molar refractivity (Wildman–Crippen MR) is 63.2 cm³/mol. The van der Waals surface area contributed by atoms with Crippen LogP contribution in [0.4, 0.5) is 0 Å². The molecule has 2 aromatic carbocycles. The van der Waals surface area contributed by atoms with Crippen LogP contribution in [0.15, 0.2) is 42.5 Å². The molecule has 2 heteroatoms. The van der Waals surface area contributed by atoms with E-state index in [1.807, 2.05) is 19.1 Å². The summed E-state index contributed by atoms with van der Waals surface area (Å²) in [5.74, 6) is -0.565. The Balaban J connectivity index is 2.11. The zero-order chi connectivity index (χ0) is 11.0. The molecule has 0 aliphatic carbocycles. The molecule has 0 atom stereocenters. The molecule has 1 saturated heterocycles. The summed E-state index contributed by atoms with van der Waals surface area (Å²) in [6.45, 7) is 3.32. The van der Waals surface area contributed by atoms with Crippen molar-refractivity contribution in [1.29, 1.82) is 0 Å². The molecule has 0 radical (unpaired) electrons. The van der Waals surface area contributed by atoms with Gasteiger partial charge in [0.1, 0.15) is 0 Å². The first kappa shape index (κ1) is 9.82. The molecule has 0 saturated carbocycles. The molecule has 82 valence electrons. The summed E-state index contributed by atoms with van der Waals surface area (Å²) < 4.78 is 11.3. The molecule has 1 aliphatic rings. The Bertz CT molecular complexity index is 513. The van der Waals surface area contributed by atoms with E-state index < -0.39 is 5.79 Å². The molecule has 0 unspecified atom stereocenters. The summed E-state index contributed by atoms with van der Waals surface area (Å²) in [5.41, 5.74) is 1.09. The Kier molecular flexibility index (Phi) is 2.20. The monoisotopic (exact) mass is 214 g/mol. The van der Waals surface area contributed by atoms with Crippen LogP contribution >= 0.6 is 0 Å². The summed E-state index contributed by atoms with van der Waals surface area (Å²) in [5, 5.41) is 2.47. The van der Waals surface area contributed by atoms with Crippen LogP contribution in [-0.2, 0) is 15.3 Å². The lowest BCUT2D eigenvalue weighted by atomic mass is 10.0. The summed E-state index contributed by atoms with van der Waals surface area (Å²) in [4.78, 5) is 0. The van der Waals surface area contributed by atoms with Crippen molar-refractivity contribution >= 4 is 10.8 Å². The molecular formula is C14H14O2. The van der Waals surface area contributed by atoms with Gasteiger partial charge in [0.05, 0.1) is 13.2 Å². The summed E-state index contributed by atoms with van der Waals surface area (Å²) in [6, 6.07) is 14.6. The topological polar surface area (TPSA) is 18.5 Å². The van der Waals surface area contributed by atoms with Gasteiger partial charge in [0.25, 0.3) is 0 Å². The lowest BCUT2D eigenvalue weighted by molar-refractivity contribution is -0.149. The van der Waals surface area contributed by atoms with Crippen molar-refractivity contribution in [3.05, 3.63) is 48.0 Å². The lowest BCUT2D eigenvalue weighted by Crippen LogP contribution is -2.22. The van der Waals surface area contributed by atoms with E-state index in [-0.39, 0.29) is 0 Å². The molecule has 1 fully saturated rings. The van der Waals surface area contributed by atoms with Crippen molar-refractivity contribution in [2.24, 2.45) is 0 Å². The maximum absolute atomic E-state index is 5.65. The van der Waals surface area contributed by atoms with Crippen molar-refractivity contribution in [3.63, 3.8) is 0 Å². The normalized spacial score (nSPS) is 19.1. The highest BCUT2D eigenvalue weighted by atomic mass is 16.7. The van der Waals surface area contributed by atoms with Gasteiger partial charge in [0.15, 0.2) is 5.79 Å². The first-order valence-corrected chi connectivity index (χ1v) is 5.55. The van der Waals surface area contributed by atoms with Crippen molar-refractivity contribution in [1.82, 2.24) is 0 Å². The second kappa shape index (κ2) is 3.58. The standard InChI is InChI=1S/C14H14O2/c1-14(15-8-9-16-14)13-7-6-11-4-2-3-5-12(11)10-13/h2-7,10H,8-9H2,1H3. The van der Waals surface area contributed by atoms with E-state index in [2.05, 4.69) is 30.3 Å². The van der Waals surface area contributed by atoms with Crippen LogP contribution in [-0.4, -0.2) is 13.2 Å². The largest absolute Gasteiger partial charge is 0.344 e. The fourth-order valence-corrected chi connectivity index (χ4v) is 2.15. The number of hydrogen-bond donors (Lipinski definition) is 0. The Labute approximate surface area is 94.8 Å². The average molecular weight is 214 g/mol. The minimum atomic E-state index is -0.565. The smallest absolute Gasteiger partial charge is 0.192 e. The highest BCUT2D eigenvalue weighted by molar-refractivity contribution is 5.83. The third kappa shape index (κ3) is 1.51. The van der Waals surface area contributed by atoms with Crippen LogP contribution in [0, 0.1) is 0 Å². The van der Waals surface area contributed by atoms with Crippen molar-refractivity contribution in [2.75, 3.05) is 13.2 Å². The molecule has 1 heterocycles. The van der Waals surface area contributed by atoms with Gasteiger partial charge < -0.3 is 9.47 Å². The van der Waals surface area contributed by atoms with Crippen LogP contribution in [0.25, 0.3) is 10.8 Å². The van der Waals surface area contributed by atoms with Crippen molar-refractivity contribution in [3.8, 4) is 0 Å². The quantitative estimate of drug-likeness (QED) is 0.726. The summed E-state index contributed by atoms with van der Waals surface area (Å²) in [6.07, 6.45) is 0. The first-order chi connectivity index (χ1) is 7.78. The Morgan fingerprint density at radius 3 is 2.38 bits per heavy atom. The second-order valence-electron chi connectivity index (χ2n) is 4.20. The van der Waals surface area contributed by atoms with Gasteiger partial charge in [-0.3, -0.25) is 0 Å². The predicted octanol–water partition coefficient (Wildman–Crippen LogP) is 3.06. The molecule has 0 N–H and O–H groups in total. The average Bonchev–Trinajstić information content (AvgIpc) is 2.77. The van der Waals surface area contributed by atoms with E-state index in [4.69, 9.17) is 9.47 Å². The molecule has 1 aliphatic heterocycles. The number of hydrogen-bond acceptors (Lipinski definition) is 2. The molecule has 0 amide bonds. The highest BCUT2D eigenvalue weighted by Gasteiger charge is 2.32. The molecule has 2 nitrogen and oxygen atoms in total. The molecule has 0 bridgehead atoms. The Morgan fingerprint density at radius 2 is 1.62 bits per heavy atom. The maximum Gasteiger partial charge on any atom is 0.192 e. The van der Waals surface area contributed by atoms with Gasteiger partial charge in [-0.2, -0.15) is 0 Å². The van der Waals surface area contributed by atoms with Gasteiger partial charge in [-0.1, -0.05) is 36.4 Å². The van der Waals surface area contributed by atoms with Gasteiger partial charge in [-0.25, -0.2) is 0 Å². The third-order valence-electron chi connectivity index (χ3n) is 3.11. The Hall–Kier alpha value is -1.38. The first-order valence-electron chi connectivity index (χ1n) is 5.55. The van der Waals surface area contributed by atoms with Gasteiger partial charge in [0, 0.05) is 5.56 Å². The SMILES string of the molecule is CC1(c2ccc3ccccc3c2)OCCO1. The minimum absolute atomic E-state index is 0.565. The summed E-state index contributed by atoms with van der Waals surface area (Å²) in [7, 11) is 0. The number of benzene rings is 2. The molecular weight excluding hydrogens is 200 g/mol. The van der Waals surface area contributed by atoms with E-state index in [9.17, 15) is 0 Å². The van der Waals surface area contributed by atoms with E-state index in [0.29, 0.717) is 13.2 Å². The minimum Gasteiger partial charge on any atom is -0.344 e. The summed E-state index contributed by atoms with van der Waals surface area (Å²) >= 11 is 0. The van der Waals surface area contributed by atoms with Crippen LogP contribution in [0.3, 0.4) is 0 Å². The van der Waals surface area contributed by atoms with Crippen LogP contribution in [0.5, 0.6) is 0 Å². The highest BCUT2D eigenvalue weighted by Crippen LogP contribution is 2.32. The van der Waals surface area contributed by atoms with Gasteiger partial charge in [0.2, 0.25) is 0 Å². The Morgan fingerprint density at radius 1 is 0.938 bits per heavy atom. The number of ether oxygens (including phenoxy) is 2. The number of fused-ring (bicyclic) bond motifs is 1. The van der Waals surface area contributed by atoms with Gasteiger partial charge in [-0.15, -0.1) is 0 Å². The molecule has 16 heavy (non-hydrogen) atoms. The van der Waals surface area contributed by atoms with E-state index >= 15 is 0 Å². The lowest BCUT2D eigenvalue weighted by Gasteiger charge is -2.23. The van der Waals surface area contributed by atoms with Gasteiger partial charge >= 0.3 is 0 Å². The maximum atomic E-state index is 5.65. The third-order valence-corrected chi connectivity index (χ3v) is 3.11. The van der Waals surface area contributed by atoms with Crippen molar-refractivity contribution in [2.45, 2.75) is 12.7 Å². The van der Waals surface area contributed by atoms with E-state index in [1.54, 1.807) is 0 Å². The molecule has 0 spiro atoms. The molecule has 0 aromatic heterocycles. The van der Waals surface area contributed by atoms with Crippen molar-refractivity contribution < 1.29 is 9.47 Å². The van der Waals surface area contributed by atoms with Crippen LogP contribution < -0.4 is 0 Å². The number of rotatable bonds is 1. The fourth-order valence-electron chi connectivity index (χ4n) is 2.15. The zero-order valence-electron chi connectivity index (χ0n) is 9.27.